The van der Waals surface area contributed by atoms with Gasteiger partial charge in [0, 0.05) is 30.6 Å². The second-order valence-electron chi connectivity index (χ2n) is 7.24. The molecule has 3 aromatic rings. The monoisotopic (exact) mass is 374 g/mol. The predicted octanol–water partition coefficient (Wildman–Crippen LogP) is 3.62. The van der Waals surface area contributed by atoms with E-state index in [1.54, 1.807) is 0 Å². The first-order valence-corrected chi connectivity index (χ1v) is 9.68. The molecular formula is C22H22N4O2. The van der Waals surface area contributed by atoms with Crippen LogP contribution < -0.4 is 5.32 Å². The number of benzene rings is 2. The van der Waals surface area contributed by atoms with E-state index in [1.807, 2.05) is 76.6 Å². The molecule has 3 heterocycles. The quantitative estimate of drug-likeness (QED) is 0.758. The van der Waals surface area contributed by atoms with Crippen molar-refractivity contribution in [1.82, 2.24) is 14.7 Å². The number of para-hydroxylation sites is 2. The highest BCUT2D eigenvalue weighted by Crippen LogP contribution is 2.34. The summed E-state index contributed by atoms with van der Waals surface area (Å²) in [6, 6.07) is 17.6. The second kappa shape index (κ2) is 7.13. The van der Waals surface area contributed by atoms with Gasteiger partial charge in [0.15, 0.2) is 0 Å². The van der Waals surface area contributed by atoms with Crippen LogP contribution in [0.15, 0.2) is 67.0 Å². The van der Waals surface area contributed by atoms with Crippen LogP contribution in [0.1, 0.15) is 34.9 Å². The summed E-state index contributed by atoms with van der Waals surface area (Å²) in [6.07, 6.45) is 5.66. The number of carbonyl (C=O) groups is 1. The molecule has 2 aliphatic heterocycles. The Kier molecular flexibility index (Phi) is 4.33. The first-order valence-electron chi connectivity index (χ1n) is 9.68. The van der Waals surface area contributed by atoms with E-state index >= 15 is 0 Å². The van der Waals surface area contributed by atoms with Crippen LogP contribution in [0.4, 0.5) is 5.69 Å². The van der Waals surface area contributed by atoms with E-state index in [1.165, 1.54) is 0 Å². The topological polar surface area (TPSA) is 59.4 Å². The molecule has 1 N–H and O–H groups in total. The number of nitrogens with one attached hydrogen (secondary N) is 1. The van der Waals surface area contributed by atoms with Crippen molar-refractivity contribution >= 4 is 11.6 Å². The number of amides is 1. The van der Waals surface area contributed by atoms with Gasteiger partial charge in [-0.25, -0.2) is 4.68 Å². The summed E-state index contributed by atoms with van der Waals surface area (Å²) < 4.78 is 7.65. The first-order chi connectivity index (χ1) is 13.8. The minimum Gasteiger partial charge on any atom is -0.376 e. The summed E-state index contributed by atoms with van der Waals surface area (Å²) in [6.45, 7) is 1.34. The maximum Gasteiger partial charge on any atom is 0.257 e. The van der Waals surface area contributed by atoms with Gasteiger partial charge < -0.3 is 15.0 Å². The Morgan fingerprint density at radius 2 is 1.93 bits per heavy atom. The van der Waals surface area contributed by atoms with Gasteiger partial charge in [-0.15, -0.1) is 0 Å². The van der Waals surface area contributed by atoms with Crippen LogP contribution in [-0.2, 0) is 4.74 Å². The van der Waals surface area contributed by atoms with Gasteiger partial charge in [0.1, 0.15) is 6.17 Å². The van der Waals surface area contributed by atoms with Gasteiger partial charge in [-0.1, -0.05) is 30.3 Å². The zero-order valence-corrected chi connectivity index (χ0v) is 15.5. The molecule has 1 amide bonds. The number of ether oxygens (including phenoxy) is 1. The predicted molar refractivity (Wildman–Crippen MR) is 106 cm³/mol. The molecule has 0 aliphatic carbocycles. The van der Waals surface area contributed by atoms with E-state index in [9.17, 15) is 4.79 Å². The highest BCUT2D eigenvalue weighted by Gasteiger charge is 2.35. The van der Waals surface area contributed by atoms with Crippen LogP contribution in [0.5, 0.6) is 0 Å². The Hall–Kier alpha value is -3.12. The van der Waals surface area contributed by atoms with E-state index in [0.29, 0.717) is 12.1 Å². The second-order valence-corrected chi connectivity index (χ2v) is 7.24. The summed E-state index contributed by atoms with van der Waals surface area (Å²) in [7, 11) is 0. The molecule has 2 unspecified atom stereocenters. The minimum atomic E-state index is -0.274. The molecule has 5 rings (SSSR count). The van der Waals surface area contributed by atoms with Crippen molar-refractivity contribution in [2.24, 2.45) is 0 Å². The molecule has 28 heavy (non-hydrogen) atoms. The van der Waals surface area contributed by atoms with Crippen LogP contribution in [0.25, 0.3) is 5.69 Å². The molecule has 1 saturated heterocycles. The van der Waals surface area contributed by atoms with E-state index in [2.05, 4.69) is 10.4 Å². The van der Waals surface area contributed by atoms with Gasteiger partial charge in [-0.2, -0.15) is 5.10 Å². The van der Waals surface area contributed by atoms with Crippen molar-refractivity contribution in [1.29, 1.82) is 0 Å². The van der Waals surface area contributed by atoms with Gasteiger partial charge in [0.05, 0.1) is 23.6 Å². The number of carbonyl (C=O) groups excluding carboxylic acids is 1. The summed E-state index contributed by atoms with van der Waals surface area (Å²) in [4.78, 5) is 15.1. The summed E-state index contributed by atoms with van der Waals surface area (Å²) in [5.41, 5.74) is 3.49. The summed E-state index contributed by atoms with van der Waals surface area (Å²) >= 11 is 0. The Morgan fingerprint density at radius 1 is 1.11 bits per heavy atom. The Labute approximate surface area is 163 Å². The van der Waals surface area contributed by atoms with Gasteiger partial charge in [0.25, 0.3) is 5.91 Å². The van der Waals surface area contributed by atoms with Crippen molar-refractivity contribution in [2.75, 3.05) is 18.5 Å². The fourth-order valence-electron chi connectivity index (χ4n) is 3.95. The summed E-state index contributed by atoms with van der Waals surface area (Å²) in [5, 5.41) is 8.05. The van der Waals surface area contributed by atoms with Crippen LogP contribution in [-0.4, -0.2) is 39.8 Å². The third-order valence-electron chi connectivity index (χ3n) is 5.39. The third-order valence-corrected chi connectivity index (χ3v) is 5.39. The van der Waals surface area contributed by atoms with E-state index in [4.69, 9.17) is 4.74 Å². The lowest BCUT2D eigenvalue weighted by Gasteiger charge is -2.38. The molecular weight excluding hydrogens is 352 g/mol. The van der Waals surface area contributed by atoms with Crippen molar-refractivity contribution in [2.45, 2.75) is 25.1 Å². The fraction of sp³-hybridized carbons (Fsp3) is 0.273. The zero-order valence-electron chi connectivity index (χ0n) is 15.5. The third kappa shape index (κ3) is 3.05. The Balaban J connectivity index is 1.50. The maximum atomic E-state index is 13.3. The SMILES string of the molecule is O=C1c2ccccc2NC(c2cnn(-c3ccccc3)c2)N1CC1CCCO1. The first kappa shape index (κ1) is 17.0. The standard InChI is InChI=1S/C22H22N4O2/c27-22-19-10-4-5-11-20(19)24-21(25(22)15-18-9-6-12-28-18)16-13-23-26(14-16)17-7-2-1-3-8-17/h1-5,7-8,10-11,13-14,18,21,24H,6,9,12,15H2. The highest BCUT2D eigenvalue weighted by atomic mass is 16.5. The largest absolute Gasteiger partial charge is 0.376 e. The molecule has 0 spiro atoms. The molecule has 2 aromatic carbocycles. The molecule has 6 nitrogen and oxygen atoms in total. The Morgan fingerprint density at radius 3 is 2.75 bits per heavy atom. The van der Waals surface area contributed by atoms with Crippen molar-refractivity contribution in [3.63, 3.8) is 0 Å². The van der Waals surface area contributed by atoms with Crippen molar-refractivity contribution in [3.05, 3.63) is 78.1 Å². The molecule has 1 fully saturated rings. The lowest BCUT2D eigenvalue weighted by Crippen LogP contribution is -2.46. The molecule has 142 valence electrons. The molecule has 2 atom stereocenters. The smallest absolute Gasteiger partial charge is 0.257 e. The number of hydrogen-bond acceptors (Lipinski definition) is 4. The van der Waals surface area contributed by atoms with Gasteiger partial charge in [-0.05, 0) is 37.1 Å². The normalized spacial score (nSPS) is 21.4. The number of nitrogens with zero attached hydrogens (tertiary/aromatic N) is 3. The molecule has 0 radical (unpaired) electrons. The number of rotatable bonds is 4. The Bertz CT molecular complexity index is 979. The fourth-order valence-corrected chi connectivity index (χ4v) is 3.95. The van der Waals surface area contributed by atoms with E-state index < -0.39 is 0 Å². The lowest BCUT2D eigenvalue weighted by molar-refractivity contribution is 0.0427. The van der Waals surface area contributed by atoms with E-state index in [-0.39, 0.29) is 18.2 Å². The molecule has 0 bridgehead atoms. The van der Waals surface area contributed by atoms with Crippen LogP contribution >= 0.6 is 0 Å². The van der Waals surface area contributed by atoms with E-state index in [0.717, 1.165) is 36.4 Å². The van der Waals surface area contributed by atoms with Crippen LogP contribution in [0, 0.1) is 0 Å². The van der Waals surface area contributed by atoms with Gasteiger partial charge in [0.2, 0.25) is 0 Å². The average molecular weight is 374 g/mol. The lowest BCUT2D eigenvalue weighted by atomic mass is 10.0. The van der Waals surface area contributed by atoms with Crippen molar-refractivity contribution < 1.29 is 9.53 Å². The van der Waals surface area contributed by atoms with Crippen LogP contribution in [0.2, 0.25) is 0 Å². The van der Waals surface area contributed by atoms with Gasteiger partial charge in [-0.3, -0.25) is 4.79 Å². The zero-order chi connectivity index (χ0) is 18.9. The molecule has 1 aromatic heterocycles. The molecule has 0 saturated carbocycles. The van der Waals surface area contributed by atoms with Crippen LogP contribution in [0.3, 0.4) is 0 Å². The average Bonchev–Trinajstić information content (AvgIpc) is 3.43. The summed E-state index contributed by atoms with van der Waals surface area (Å²) in [5.74, 6) is 0.0299. The van der Waals surface area contributed by atoms with Gasteiger partial charge >= 0.3 is 0 Å². The number of anilines is 1. The number of aromatic nitrogens is 2. The number of hydrogen-bond donors (Lipinski definition) is 1. The molecule has 2 aliphatic rings. The highest BCUT2D eigenvalue weighted by molar-refractivity contribution is 6.01. The minimum absolute atomic E-state index is 0.0299. The van der Waals surface area contributed by atoms with Crippen molar-refractivity contribution in [3.8, 4) is 5.69 Å². The maximum absolute atomic E-state index is 13.3. The number of fused-ring (bicyclic) bond motifs is 1. The molecule has 6 heteroatoms.